The van der Waals surface area contributed by atoms with Crippen molar-refractivity contribution in [1.29, 1.82) is 0 Å². The maximum atomic E-state index is 4.78. The highest BCUT2D eigenvalue weighted by molar-refractivity contribution is 5.37. The van der Waals surface area contributed by atoms with Gasteiger partial charge in [-0.2, -0.15) is 5.10 Å². The van der Waals surface area contributed by atoms with Gasteiger partial charge in [0.1, 0.15) is 0 Å². The number of rotatable bonds is 3. The largest absolute Gasteiger partial charge is 0.282 e. The van der Waals surface area contributed by atoms with Crippen LogP contribution in [0, 0.1) is 12.8 Å². The Morgan fingerprint density at radius 2 is 1.64 bits per heavy atom. The molecule has 2 aromatic rings. The van der Waals surface area contributed by atoms with Gasteiger partial charge in [-0.05, 0) is 49.7 Å². The lowest BCUT2D eigenvalue weighted by Crippen LogP contribution is -2.12. The van der Waals surface area contributed by atoms with Crippen molar-refractivity contribution in [2.45, 2.75) is 65.2 Å². The molecule has 0 fully saturated rings. The van der Waals surface area contributed by atoms with Crippen LogP contribution in [0.25, 0.3) is 0 Å². The fraction of sp³-hybridized carbons (Fsp3) is 0.550. The number of nitrogens with zero attached hydrogens (tertiary/aromatic N) is 1. The van der Waals surface area contributed by atoms with Crippen molar-refractivity contribution in [2.24, 2.45) is 5.92 Å². The van der Waals surface area contributed by atoms with Gasteiger partial charge >= 0.3 is 0 Å². The molecule has 0 bridgehead atoms. The number of hydrogen-bond acceptors (Lipinski definition) is 1. The van der Waals surface area contributed by atoms with Gasteiger partial charge in [-0.25, -0.2) is 0 Å². The molecule has 1 heterocycles. The molecule has 0 spiro atoms. The summed E-state index contributed by atoms with van der Waals surface area (Å²) >= 11 is 0. The minimum absolute atomic E-state index is 0.403. The normalized spacial score (nSPS) is 16.9. The molecule has 1 aromatic heterocycles. The second kappa shape index (κ2) is 6.68. The number of fused-ring (bicyclic) bond motifs is 1. The van der Waals surface area contributed by atoms with E-state index in [4.69, 9.17) is 5.10 Å². The summed E-state index contributed by atoms with van der Waals surface area (Å²) < 4.78 is 0. The Balaban J connectivity index is 2.00. The SMILES string of the molecule is Cc1ccc(C(c2n[nH]c3c2CCCCCC3)C(C)C)cc1. The molecular formula is C20H28N2. The number of nitrogens with one attached hydrogen (secondary N) is 1. The number of aromatic amines is 1. The third-order valence-corrected chi connectivity index (χ3v) is 4.99. The average molecular weight is 296 g/mol. The first-order valence-electron chi connectivity index (χ1n) is 8.79. The van der Waals surface area contributed by atoms with Crippen molar-refractivity contribution in [3.8, 4) is 0 Å². The summed E-state index contributed by atoms with van der Waals surface area (Å²) in [6.45, 7) is 6.78. The first-order chi connectivity index (χ1) is 10.7. The van der Waals surface area contributed by atoms with E-state index in [0.717, 1.165) is 0 Å². The quantitative estimate of drug-likeness (QED) is 0.832. The van der Waals surface area contributed by atoms with E-state index in [-0.39, 0.29) is 0 Å². The molecule has 0 saturated carbocycles. The molecule has 0 aliphatic heterocycles. The van der Waals surface area contributed by atoms with Gasteiger partial charge in [0.05, 0.1) is 5.69 Å². The summed E-state index contributed by atoms with van der Waals surface area (Å²) in [5.41, 5.74) is 6.93. The summed E-state index contributed by atoms with van der Waals surface area (Å²) in [6, 6.07) is 9.01. The van der Waals surface area contributed by atoms with Gasteiger partial charge < -0.3 is 0 Å². The first kappa shape index (κ1) is 15.3. The molecule has 1 aromatic carbocycles. The van der Waals surface area contributed by atoms with Crippen LogP contribution in [0.1, 0.15) is 73.5 Å². The van der Waals surface area contributed by atoms with E-state index in [2.05, 4.69) is 50.1 Å². The number of H-pyrrole nitrogens is 1. The fourth-order valence-electron chi connectivity index (χ4n) is 3.75. The van der Waals surface area contributed by atoms with Crippen molar-refractivity contribution < 1.29 is 0 Å². The zero-order valence-electron chi connectivity index (χ0n) is 14.2. The Morgan fingerprint density at radius 3 is 2.32 bits per heavy atom. The van der Waals surface area contributed by atoms with Crippen molar-refractivity contribution in [2.75, 3.05) is 0 Å². The summed E-state index contributed by atoms with van der Waals surface area (Å²) in [5, 5.41) is 8.14. The predicted octanol–water partition coefficient (Wildman–Crippen LogP) is 5.17. The average Bonchev–Trinajstić information content (AvgIpc) is 2.82. The van der Waals surface area contributed by atoms with Crippen LogP contribution in [-0.2, 0) is 12.8 Å². The maximum Gasteiger partial charge on any atom is 0.0734 e. The summed E-state index contributed by atoms with van der Waals surface area (Å²) in [7, 11) is 0. The molecule has 1 unspecified atom stereocenters. The highest BCUT2D eigenvalue weighted by atomic mass is 15.1. The lowest BCUT2D eigenvalue weighted by Gasteiger charge is -2.22. The smallest absolute Gasteiger partial charge is 0.0734 e. The van der Waals surface area contributed by atoms with Crippen molar-refractivity contribution in [3.05, 3.63) is 52.3 Å². The van der Waals surface area contributed by atoms with E-state index in [0.29, 0.717) is 11.8 Å². The zero-order chi connectivity index (χ0) is 15.5. The topological polar surface area (TPSA) is 28.7 Å². The first-order valence-corrected chi connectivity index (χ1v) is 8.79. The third-order valence-electron chi connectivity index (χ3n) is 4.99. The molecule has 22 heavy (non-hydrogen) atoms. The van der Waals surface area contributed by atoms with E-state index in [1.54, 1.807) is 0 Å². The van der Waals surface area contributed by atoms with E-state index in [1.165, 1.54) is 66.6 Å². The van der Waals surface area contributed by atoms with E-state index >= 15 is 0 Å². The Bertz CT molecular complexity index is 607. The zero-order valence-corrected chi connectivity index (χ0v) is 14.2. The van der Waals surface area contributed by atoms with Gasteiger partial charge in [0.25, 0.3) is 0 Å². The van der Waals surface area contributed by atoms with Crippen LogP contribution in [0.5, 0.6) is 0 Å². The molecule has 1 aliphatic carbocycles. The molecular weight excluding hydrogens is 268 g/mol. The molecule has 1 N–H and O–H groups in total. The van der Waals surface area contributed by atoms with Crippen LogP contribution in [0.15, 0.2) is 24.3 Å². The van der Waals surface area contributed by atoms with Gasteiger partial charge in [0.2, 0.25) is 0 Å². The molecule has 1 atom stereocenters. The molecule has 0 saturated heterocycles. The lowest BCUT2D eigenvalue weighted by molar-refractivity contribution is 0.543. The van der Waals surface area contributed by atoms with Gasteiger partial charge in [0, 0.05) is 11.6 Å². The standard InChI is InChI=1S/C20H28N2/c1-14(2)19(16-12-10-15(3)11-13-16)20-17-8-6-4-5-7-9-18(17)21-22-20/h10-14,19H,4-9H2,1-3H3,(H,21,22). The molecule has 2 nitrogen and oxygen atoms in total. The molecule has 1 aliphatic rings. The number of aryl methyl sites for hydroxylation is 2. The third kappa shape index (κ3) is 3.11. The Morgan fingerprint density at radius 1 is 0.955 bits per heavy atom. The molecule has 0 radical (unpaired) electrons. The van der Waals surface area contributed by atoms with Crippen LogP contribution in [-0.4, -0.2) is 10.2 Å². The molecule has 0 amide bonds. The van der Waals surface area contributed by atoms with E-state index < -0.39 is 0 Å². The Labute approximate surface area is 134 Å². The van der Waals surface area contributed by atoms with Gasteiger partial charge in [-0.3, -0.25) is 5.10 Å². The monoisotopic (exact) mass is 296 g/mol. The Kier molecular flexibility index (Phi) is 4.66. The van der Waals surface area contributed by atoms with Crippen LogP contribution in [0.3, 0.4) is 0 Å². The second-order valence-electron chi connectivity index (χ2n) is 7.11. The van der Waals surface area contributed by atoms with Crippen molar-refractivity contribution in [3.63, 3.8) is 0 Å². The summed E-state index contributed by atoms with van der Waals surface area (Å²) in [6.07, 6.45) is 7.68. The lowest BCUT2D eigenvalue weighted by atomic mass is 9.82. The van der Waals surface area contributed by atoms with Gasteiger partial charge in [0.15, 0.2) is 0 Å². The summed E-state index contributed by atoms with van der Waals surface area (Å²) in [4.78, 5) is 0. The van der Waals surface area contributed by atoms with E-state index in [9.17, 15) is 0 Å². The van der Waals surface area contributed by atoms with Crippen LogP contribution < -0.4 is 0 Å². The molecule has 118 valence electrons. The highest BCUT2D eigenvalue weighted by Gasteiger charge is 2.26. The van der Waals surface area contributed by atoms with Crippen molar-refractivity contribution in [1.82, 2.24) is 10.2 Å². The second-order valence-corrected chi connectivity index (χ2v) is 7.11. The maximum absolute atomic E-state index is 4.78. The fourth-order valence-corrected chi connectivity index (χ4v) is 3.75. The molecule has 2 heteroatoms. The van der Waals surface area contributed by atoms with Gasteiger partial charge in [-0.1, -0.05) is 56.5 Å². The van der Waals surface area contributed by atoms with Crippen LogP contribution >= 0.6 is 0 Å². The summed E-state index contributed by atoms with van der Waals surface area (Å²) in [5.74, 6) is 0.959. The van der Waals surface area contributed by atoms with Crippen LogP contribution in [0.2, 0.25) is 0 Å². The van der Waals surface area contributed by atoms with E-state index in [1.807, 2.05) is 0 Å². The van der Waals surface area contributed by atoms with Crippen molar-refractivity contribution >= 4 is 0 Å². The number of benzene rings is 1. The number of hydrogen-bond donors (Lipinski definition) is 1. The minimum atomic E-state index is 0.403. The highest BCUT2D eigenvalue weighted by Crippen LogP contribution is 2.35. The Hall–Kier alpha value is -1.57. The van der Waals surface area contributed by atoms with Gasteiger partial charge in [-0.15, -0.1) is 0 Å². The number of aromatic nitrogens is 2. The predicted molar refractivity (Wildman–Crippen MR) is 92.3 cm³/mol. The molecule has 3 rings (SSSR count). The minimum Gasteiger partial charge on any atom is -0.282 e. The van der Waals surface area contributed by atoms with Crippen LogP contribution in [0.4, 0.5) is 0 Å².